The van der Waals surface area contributed by atoms with E-state index in [9.17, 15) is 20.0 Å². The van der Waals surface area contributed by atoms with Gasteiger partial charge in [-0.15, -0.1) is 0 Å². The van der Waals surface area contributed by atoms with Gasteiger partial charge >= 0.3 is 6.03 Å². The van der Waals surface area contributed by atoms with Crippen molar-refractivity contribution in [3.63, 3.8) is 0 Å². The lowest BCUT2D eigenvalue weighted by Crippen LogP contribution is -2.70. The van der Waals surface area contributed by atoms with E-state index in [1.165, 1.54) is 5.57 Å². The third kappa shape index (κ3) is 3.21. The topological polar surface area (TPSA) is 84.6 Å². The van der Waals surface area contributed by atoms with E-state index in [1.54, 1.807) is 0 Å². The Balaban J connectivity index is 1.50. The smallest absolute Gasteiger partial charge is 0.320 e. The third-order valence-electron chi connectivity index (χ3n) is 13.8. The Hall–Kier alpha value is -2.29. The number of fused-ring (bicyclic) bond motifs is 7. The van der Waals surface area contributed by atoms with Gasteiger partial charge in [-0.3, -0.25) is 4.79 Å². The molecular weight excluding hydrogens is 498 g/mol. The zero-order chi connectivity index (χ0) is 29.3. The Morgan fingerprint density at radius 2 is 1.65 bits per heavy atom. The standard InChI is InChI=1S/C34H49N3O3/c1-29(2)11-13-34(37-16-15-36(8)28(37)40)14-12-33(7)26(22(34)19-29)23(38)17-25-31(5)18-21(20-35)27(39)30(3,4)24(31)9-10-32(25,33)6/h17,22,24,26,39H,9-16,18-19H2,1-8H3/t22-,24-,26-,31-,32+,33+,34-/m0/s1. The number of amides is 2. The lowest BCUT2D eigenvalue weighted by atomic mass is 9.34. The van der Waals surface area contributed by atoms with Gasteiger partial charge in [0.2, 0.25) is 0 Å². The number of nitrogens with zero attached hydrogens (tertiary/aromatic N) is 3. The van der Waals surface area contributed by atoms with Gasteiger partial charge in [0, 0.05) is 37.0 Å². The van der Waals surface area contributed by atoms with Gasteiger partial charge in [0.15, 0.2) is 5.78 Å². The summed E-state index contributed by atoms with van der Waals surface area (Å²) in [5, 5.41) is 21.1. The first-order chi connectivity index (χ1) is 18.5. The Morgan fingerprint density at radius 3 is 2.27 bits per heavy atom. The maximum absolute atomic E-state index is 14.7. The zero-order valence-electron chi connectivity index (χ0n) is 26.0. The monoisotopic (exact) mass is 547 g/mol. The van der Waals surface area contributed by atoms with Gasteiger partial charge in [0.25, 0.3) is 0 Å². The molecule has 0 aromatic rings. The van der Waals surface area contributed by atoms with Gasteiger partial charge < -0.3 is 14.9 Å². The highest BCUT2D eigenvalue weighted by molar-refractivity contribution is 5.95. The summed E-state index contributed by atoms with van der Waals surface area (Å²) in [6.07, 6.45) is 9.35. The van der Waals surface area contributed by atoms with E-state index in [0.717, 1.165) is 58.0 Å². The molecule has 0 radical (unpaired) electrons. The lowest BCUT2D eigenvalue weighted by molar-refractivity contribution is -0.172. The summed E-state index contributed by atoms with van der Waals surface area (Å²) in [6, 6.07) is 2.45. The number of hydrogen-bond acceptors (Lipinski definition) is 4. The predicted molar refractivity (Wildman–Crippen MR) is 155 cm³/mol. The second-order valence-corrected chi connectivity index (χ2v) is 16.5. The highest BCUT2D eigenvalue weighted by Crippen LogP contribution is 2.74. The molecule has 1 N–H and O–H groups in total. The molecule has 4 fully saturated rings. The van der Waals surface area contributed by atoms with Crippen molar-refractivity contribution in [2.75, 3.05) is 20.1 Å². The molecule has 218 valence electrons. The first-order valence-corrected chi connectivity index (χ1v) is 15.6. The van der Waals surface area contributed by atoms with Crippen LogP contribution in [0.2, 0.25) is 0 Å². The molecular formula is C34H49N3O3. The molecule has 0 aromatic heterocycles. The van der Waals surface area contributed by atoms with Crippen molar-refractivity contribution in [2.45, 2.75) is 105 Å². The number of carbonyl (C=O) groups excluding carboxylic acids is 2. The molecule has 7 atom stereocenters. The number of rotatable bonds is 1. The summed E-state index contributed by atoms with van der Waals surface area (Å²) in [4.78, 5) is 32.2. The number of likely N-dealkylation sites (N-methyl/N-ethyl adjacent to an activating group) is 1. The van der Waals surface area contributed by atoms with Crippen molar-refractivity contribution in [2.24, 2.45) is 44.8 Å². The number of carbonyl (C=O) groups is 2. The van der Waals surface area contributed by atoms with Crippen LogP contribution in [-0.2, 0) is 4.79 Å². The molecule has 5 aliphatic carbocycles. The molecule has 1 heterocycles. The molecule has 0 bridgehead atoms. The van der Waals surface area contributed by atoms with Gasteiger partial charge in [-0.05, 0) is 90.9 Å². The van der Waals surface area contributed by atoms with E-state index in [2.05, 4.69) is 59.4 Å². The van der Waals surface area contributed by atoms with Crippen LogP contribution < -0.4 is 0 Å². The van der Waals surface area contributed by atoms with E-state index in [-0.39, 0.29) is 62.5 Å². The molecule has 6 rings (SSSR count). The third-order valence-corrected chi connectivity index (χ3v) is 13.8. The molecule has 0 unspecified atom stereocenters. The summed E-state index contributed by atoms with van der Waals surface area (Å²) in [7, 11) is 1.90. The number of hydrogen-bond donors (Lipinski definition) is 1. The van der Waals surface area contributed by atoms with E-state index in [4.69, 9.17) is 0 Å². The predicted octanol–water partition coefficient (Wildman–Crippen LogP) is 7.03. The molecule has 1 saturated heterocycles. The van der Waals surface area contributed by atoms with Crippen molar-refractivity contribution in [1.82, 2.24) is 9.80 Å². The van der Waals surface area contributed by atoms with Crippen LogP contribution in [-0.4, -0.2) is 52.4 Å². The number of nitriles is 1. The summed E-state index contributed by atoms with van der Waals surface area (Å²) < 4.78 is 0. The highest BCUT2D eigenvalue weighted by atomic mass is 16.3. The molecule has 3 saturated carbocycles. The van der Waals surface area contributed by atoms with Gasteiger partial charge in [-0.25, -0.2) is 4.79 Å². The average molecular weight is 548 g/mol. The zero-order valence-corrected chi connectivity index (χ0v) is 26.0. The van der Waals surface area contributed by atoms with Gasteiger partial charge in [-0.2, -0.15) is 5.26 Å². The van der Waals surface area contributed by atoms with Gasteiger partial charge in [0.1, 0.15) is 5.76 Å². The largest absolute Gasteiger partial charge is 0.511 e. The molecule has 6 heteroatoms. The second kappa shape index (κ2) is 8.17. The number of aliphatic hydroxyl groups is 1. The van der Waals surface area contributed by atoms with Crippen molar-refractivity contribution in [1.29, 1.82) is 5.26 Å². The summed E-state index contributed by atoms with van der Waals surface area (Å²) >= 11 is 0. The molecule has 2 amide bonds. The Morgan fingerprint density at radius 1 is 0.975 bits per heavy atom. The number of aliphatic hydroxyl groups excluding tert-OH is 1. The quantitative estimate of drug-likeness (QED) is 0.382. The normalized spacial score (nSPS) is 45.7. The van der Waals surface area contributed by atoms with Crippen molar-refractivity contribution >= 4 is 11.8 Å². The average Bonchev–Trinajstić information content (AvgIpc) is 3.21. The summed E-state index contributed by atoms with van der Waals surface area (Å²) in [5.41, 5.74) is 0.292. The van der Waals surface area contributed by atoms with Crippen molar-refractivity contribution in [3.8, 4) is 6.07 Å². The molecule has 1 aliphatic heterocycles. The number of urea groups is 1. The summed E-state index contributed by atoms with van der Waals surface area (Å²) in [5.74, 6) is 0.654. The molecule has 0 spiro atoms. The fourth-order valence-corrected chi connectivity index (χ4v) is 11.4. The van der Waals surface area contributed by atoms with Crippen LogP contribution in [0.4, 0.5) is 4.79 Å². The molecule has 6 nitrogen and oxygen atoms in total. The van der Waals surface area contributed by atoms with Crippen LogP contribution >= 0.6 is 0 Å². The van der Waals surface area contributed by atoms with Crippen LogP contribution in [0.15, 0.2) is 23.0 Å². The van der Waals surface area contributed by atoms with Crippen LogP contribution in [0.25, 0.3) is 0 Å². The van der Waals surface area contributed by atoms with Crippen molar-refractivity contribution < 1.29 is 14.7 Å². The Labute approximate surface area is 240 Å². The van der Waals surface area contributed by atoms with E-state index < -0.39 is 5.41 Å². The molecule has 40 heavy (non-hydrogen) atoms. The van der Waals surface area contributed by atoms with Gasteiger partial charge in [0.05, 0.1) is 11.6 Å². The van der Waals surface area contributed by atoms with Crippen LogP contribution in [0.5, 0.6) is 0 Å². The summed E-state index contributed by atoms with van der Waals surface area (Å²) in [6.45, 7) is 17.4. The molecule has 6 aliphatic rings. The van der Waals surface area contributed by atoms with E-state index in [0.29, 0.717) is 12.0 Å². The van der Waals surface area contributed by atoms with Crippen LogP contribution in [0.1, 0.15) is 99.8 Å². The highest BCUT2D eigenvalue weighted by Gasteiger charge is 2.71. The van der Waals surface area contributed by atoms with Crippen LogP contribution in [0.3, 0.4) is 0 Å². The van der Waals surface area contributed by atoms with Crippen molar-refractivity contribution in [3.05, 3.63) is 23.0 Å². The maximum Gasteiger partial charge on any atom is 0.320 e. The Bertz CT molecular complexity index is 1290. The maximum atomic E-state index is 14.7. The van der Waals surface area contributed by atoms with E-state index >= 15 is 0 Å². The minimum atomic E-state index is -0.516. The fourth-order valence-electron chi connectivity index (χ4n) is 11.4. The number of ketones is 1. The number of allylic oxidation sites excluding steroid dienone is 4. The minimum Gasteiger partial charge on any atom is -0.511 e. The first-order valence-electron chi connectivity index (χ1n) is 15.6. The van der Waals surface area contributed by atoms with Gasteiger partial charge in [-0.1, -0.05) is 54.0 Å². The molecule has 0 aromatic carbocycles. The lowest BCUT2D eigenvalue weighted by Gasteiger charge is -2.70. The van der Waals surface area contributed by atoms with E-state index in [1.807, 2.05) is 18.0 Å². The fraction of sp³-hybridized carbons (Fsp3) is 0.794. The second-order valence-electron chi connectivity index (χ2n) is 16.5. The minimum absolute atomic E-state index is 0.121. The van der Waals surface area contributed by atoms with Crippen LogP contribution in [0, 0.1) is 56.2 Å². The first kappa shape index (κ1) is 27.9. The Kier molecular flexibility index (Phi) is 5.69. The SMILES string of the molecule is CN1CCN([C@]23CCC(C)(C)C[C@H]2[C@H]2C(=O)C=C4[C@@]5(C)CC(C#N)=C(O)C(C)(C)[C@@H]5CC[C@@]4(C)[C@]2(C)CC3)C1=O.